The van der Waals surface area contributed by atoms with Gasteiger partial charge in [-0.25, -0.2) is 9.97 Å². The number of imidazole rings is 1. The maximum atomic E-state index is 6.02. The normalized spacial score (nSPS) is 17.4. The predicted octanol–water partition coefficient (Wildman–Crippen LogP) is 2.83. The molecule has 96 valence electrons. The topological polar surface area (TPSA) is 39.9 Å². The van der Waals surface area contributed by atoms with E-state index in [4.69, 9.17) is 16.3 Å². The van der Waals surface area contributed by atoms with Crippen molar-refractivity contribution >= 4 is 22.8 Å². The van der Waals surface area contributed by atoms with Crippen molar-refractivity contribution < 1.29 is 4.74 Å². The fourth-order valence-electron chi connectivity index (χ4n) is 2.55. The summed E-state index contributed by atoms with van der Waals surface area (Å²) in [6.07, 6.45) is 3.90. The summed E-state index contributed by atoms with van der Waals surface area (Å²) in [5.74, 6) is 1.34. The molecule has 5 heteroatoms. The zero-order valence-corrected chi connectivity index (χ0v) is 11.2. The van der Waals surface area contributed by atoms with E-state index < -0.39 is 0 Å². The Morgan fingerprint density at radius 3 is 2.94 bits per heavy atom. The standard InChI is InChI=1S/C13H16ClN3O/c1-9-6-11-13(15-8-9)17(12(7-14)16-11)10-2-4-18-5-3-10/h6,8,10H,2-5,7H2,1H3. The van der Waals surface area contributed by atoms with Gasteiger partial charge in [-0.15, -0.1) is 11.6 Å². The second-order valence-corrected chi connectivity index (χ2v) is 5.00. The largest absolute Gasteiger partial charge is 0.381 e. The molecule has 1 fully saturated rings. The molecule has 0 amide bonds. The van der Waals surface area contributed by atoms with E-state index in [9.17, 15) is 0 Å². The van der Waals surface area contributed by atoms with Crippen LogP contribution in [0.1, 0.15) is 30.3 Å². The van der Waals surface area contributed by atoms with Crippen molar-refractivity contribution in [2.75, 3.05) is 13.2 Å². The van der Waals surface area contributed by atoms with Gasteiger partial charge in [0.15, 0.2) is 5.65 Å². The molecule has 2 aromatic heterocycles. The number of aromatic nitrogens is 3. The van der Waals surface area contributed by atoms with Crippen molar-refractivity contribution in [3.05, 3.63) is 23.7 Å². The molecule has 0 aromatic carbocycles. The molecule has 0 unspecified atom stereocenters. The lowest BCUT2D eigenvalue weighted by Crippen LogP contribution is -2.21. The first-order chi connectivity index (χ1) is 8.79. The van der Waals surface area contributed by atoms with E-state index >= 15 is 0 Å². The minimum Gasteiger partial charge on any atom is -0.381 e. The van der Waals surface area contributed by atoms with Crippen LogP contribution in [0.25, 0.3) is 11.2 Å². The number of rotatable bonds is 2. The molecule has 2 aromatic rings. The zero-order valence-electron chi connectivity index (χ0n) is 10.4. The summed E-state index contributed by atoms with van der Waals surface area (Å²) in [7, 11) is 0. The number of alkyl halides is 1. The SMILES string of the molecule is Cc1cnc2c(c1)nc(CCl)n2C1CCOCC1. The van der Waals surface area contributed by atoms with Gasteiger partial charge in [-0.1, -0.05) is 0 Å². The summed E-state index contributed by atoms with van der Waals surface area (Å²) in [5, 5.41) is 0. The summed E-state index contributed by atoms with van der Waals surface area (Å²) in [6.45, 7) is 3.64. The summed E-state index contributed by atoms with van der Waals surface area (Å²) >= 11 is 6.02. The van der Waals surface area contributed by atoms with Gasteiger partial charge in [0.05, 0.1) is 5.88 Å². The van der Waals surface area contributed by atoms with E-state index in [1.54, 1.807) is 0 Å². The summed E-state index contributed by atoms with van der Waals surface area (Å²) in [5.41, 5.74) is 3.01. The number of pyridine rings is 1. The first kappa shape index (κ1) is 11.9. The van der Waals surface area contributed by atoms with Crippen LogP contribution in [0.2, 0.25) is 0 Å². The lowest BCUT2D eigenvalue weighted by molar-refractivity contribution is 0.0699. The van der Waals surface area contributed by atoms with E-state index in [2.05, 4.69) is 20.6 Å². The minimum atomic E-state index is 0.410. The van der Waals surface area contributed by atoms with Gasteiger partial charge < -0.3 is 9.30 Å². The lowest BCUT2D eigenvalue weighted by atomic mass is 10.1. The smallest absolute Gasteiger partial charge is 0.160 e. The summed E-state index contributed by atoms with van der Waals surface area (Å²) in [6, 6.07) is 2.47. The Balaban J connectivity index is 2.12. The summed E-state index contributed by atoms with van der Waals surface area (Å²) < 4.78 is 7.61. The molecule has 0 spiro atoms. The number of fused-ring (bicyclic) bond motifs is 1. The molecular weight excluding hydrogens is 250 g/mol. The van der Waals surface area contributed by atoms with E-state index in [1.807, 2.05) is 13.1 Å². The van der Waals surface area contributed by atoms with Crippen LogP contribution in [0.5, 0.6) is 0 Å². The van der Waals surface area contributed by atoms with Gasteiger partial charge >= 0.3 is 0 Å². The average molecular weight is 266 g/mol. The van der Waals surface area contributed by atoms with Crippen molar-refractivity contribution in [2.24, 2.45) is 0 Å². The highest BCUT2D eigenvalue weighted by Gasteiger charge is 2.21. The Labute approximate surface area is 111 Å². The number of hydrogen-bond acceptors (Lipinski definition) is 3. The van der Waals surface area contributed by atoms with Crippen LogP contribution in [0.15, 0.2) is 12.3 Å². The highest BCUT2D eigenvalue weighted by atomic mass is 35.5. The molecule has 18 heavy (non-hydrogen) atoms. The quantitative estimate of drug-likeness (QED) is 0.784. The van der Waals surface area contributed by atoms with Gasteiger partial charge in [0, 0.05) is 25.5 Å². The Kier molecular flexibility index (Phi) is 3.22. The van der Waals surface area contributed by atoms with Crippen LogP contribution in [0.4, 0.5) is 0 Å². The van der Waals surface area contributed by atoms with Crippen molar-refractivity contribution in [3.8, 4) is 0 Å². The van der Waals surface area contributed by atoms with Gasteiger partial charge in [-0.3, -0.25) is 0 Å². The fraction of sp³-hybridized carbons (Fsp3) is 0.538. The number of nitrogens with zero attached hydrogens (tertiary/aromatic N) is 3. The second-order valence-electron chi connectivity index (χ2n) is 4.73. The molecule has 0 bridgehead atoms. The van der Waals surface area contributed by atoms with Crippen LogP contribution in [0.3, 0.4) is 0 Å². The Morgan fingerprint density at radius 2 is 2.22 bits per heavy atom. The van der Waals surface area contributed by atoms with Crippen molar-refractivity contribution in [3.63, 3.8) is 0 Å². The minimum absolute atomic E-state index is 0.410. The number of aryl methyl sites for hydroxylation is 1. The lowest BCUT2D eigenvalue weighted by Gasteiger charge is -2.25. The van der Waals surface area contributed by atoms with E-state index in [0.717, 1.165) is 48.6 Å². The number of halogens is 1. The predicted molar refractivity (Wildman–Crippen MR) is 70.9 cm³/mol. The molecule has 1 saturated heterocycles. The van der Waals surface area contributed by atoms with Gasteiger partial charge in [-0.05, 0) is 31.4 Å². The first-order valence-corrected chi connectivity index (χ1v) is 6.80. The molecule has 0 atom stereocenters. The molecule has 0 aliphatic carbocycles. The fourth-order valence-corrected chi connectivity index (χ4v) is 2.74. The molecule has 3 rings (SSSR count). The molecule has 1 aliphatic heterocycles. The van der Waals surface area contributed by atoms with E-state index in [0.29, 0.717) is 11.9 Å². The zero-order chi connectivity index (χ0) is 12.5. The van der Waals surface area contributed by atoms with Crippen LogP contribution in [0, 0.1) is 6.92 Å². The van der Waals surface area contributed by atoms with E-state index in [1.165, 1.54) is 0 Å². The molecule has 0 saturated carbocycles. The third-order valence-electron chi connectivity index (χ3n) is 3.42. The molecular formula is C13H16ClN3O. The molecule has 0 radical (unpaired) electrons. The highest BCUT2D eigenvalue weighted by molar-refractivity contribution is 6.16. The molecule has 3 heterocycles. The maximum Gasteiger partial charge on any atom is 0.160 e. The van der Waals surface area contributed by atoms with Crippen molar-refractivity contribution in [1.82, 2.24) is 14.5 Å². The van der Waals surface area contributed by atoms with Crippen LogP contribution < -0.4 is 0 Å². The maximum absolute atomic E-state index is 6.02. The second kappa shape index (κ2) is 4.86. The summed E-state index contributed by atoms with van der Waals surface area (Å²) in [4.78, 5) is 9.12. The highest BCUT2D eigenvalue weighted by Crippen LogP contribution is 2.27. The Hall–Kier alpha value is -1.13. The van der Waals surface area contributed by atoms with E-state index in [-0.39, 0.29) is 0 Å². The van der Waals surface area contributed by atoms with Crippen LogP contribution in [-0.2, 0) is 10.6 Å². The van der Waals surface area contributed by atoms with Gasteiger partial charge in [0.25, 0.3) is 0 Å². The number of ether oxygens (including phenoxy) is 1. The first-order valence-electron chi connectivity index (χ1n) is 6.27. The molecule has 1 aliphatic rings. The Morgan fingerprint density at radius 1 is 1.44 bits per heavy atom. The molecule has 4 nitrogen and oxygen atoms in total. The third kappa shape index (κ3) is 1.99. The van der Waals surface area contributed by atoms with Crippen LogP contribution in [-0.4, -0.2) is 27.7 Å². The number of hydrogen-bond donors (Lipinski definition) is 0. The van der Waals surface area contributed by atoms with Crippen molar-refractivity contribution in [2.45, 2.75) is 31.7 Å². The monoisotopic (exact) mass is 265 g/mol. The van der Waals surface area contributed by atoms with Gasteiger partial charge in [0.2, 0.25) is 0 Å². The van der Waals surface area contributed by atoms with Gasteiger partial charge in [0.1, 0.15) is 11.3 Å². The van der Waals surface area contributed by atoms with Crippen LogP contribution >= 0.6 is 11.6 Å². The Bertz CT molecular complexity index is 561. The molecule has 0 N–H and O–H groups in total. The average Bonchev–Trinajstić information content (AvgIpc) is 2.77. The third-order valence-corrected chi connectivity index (χ3v) is 3.65. The van der Waals surface area contributed by atoms with Crippen molar-refractivity contribution in [1.29, 1.82) is 0 Å². The van der Waals surface area contributed by atoms with Gasteiger partial charge in [-0.2, -0.15) is 0 Å².